The number of hydrogen-bond donors (Lipinski definition) is 1. The number of rotatable bonds is 2. The predicted molar refractivity (Wildman–Crippen MR) is 63.2 cm³/mol. The first-order valence-corrected chi connectivity index (χ1v) is 5.90. The normalized spacial score (nSPS) is 19.8. The van der Waals surface area contributed by atoms with Crippen LogP contribution in [0.3, 0.4) is 0 Å². The number of carbonyl (C=O) groups is 1. The topological polar surface area (TPSA) is 46.3 Å². The summed E-state index contributed by atoms with van der Waals surface area (Å²) in [5.41, 5.74) is 6.57. The lowest BCUT2D eigenvalue weighted by atomic mass is 10.2. The van der Waals surface area contributed by atoms with Crippen molar-refractivity contribution in [3.8, 4) is 0 Å². The van der Waals surface area contributed by atoms with Crippen molar-refractivity contribution in [2.45, 2.75) is 17.1 Å². The maximum atomic E-state index is 11.2. The standard InChI is InChI=1S/C11H14N2OS/c1-2-13-7-10(11(12)14)15-9-6-4-3-5-8(9)13/h3-6,10H,2,7H2,1H3,(H2,12,14). The Morgan fingerprint density at radius 1 is 1.60 bits per heavy atom. The molecule has 1 amide bonds. The van der Waals surface area contributed by atoms with Crippen LogP contribution in [0.4, 0.5) is 5.69 Å². The molecule has 2 N–H and O–H groups in total. The molecule has 15 heavy (non-hydrogen) atoms. The number of fused-ring (bicyclic) bond motifs is 1. The monoisotopic (exact) mass is 222 g/mol. The Labute approximate surface area is 93.6 Å². The van der Waals surface area contributed by atoms with Gasteiger partial charge < -0.3 is 10.6 Å². The van der Waals surface area contributed by atoms with Gasteiger partial charge in [0.1, 0.15) is 5.25 Å². The minimum Gasteiger partial charge on any atom is -0.369 e. The van der Waals surface area contributed by atoms with Gasteiger partial charge >= 0.3 is 0 Å². The minimum atomic E-state index is -0.229. The van der Waals surface area contributed by atoms with Crippen LogP contribution in [0.1, 0.15) is 6.92 Å². The van der Waals surface area contributed by atoms with Crippen LogP contribution in [0.2, 0.25) is 0 Å². The molecule has 0 aromatic heterocycles. The molecule has 4 heteroatoms. The summed E-state index contributed by atoms with van der Waals surface area (Å²) >= 11 is 1.57. The number of carbonyl (C=O) groups excluding carboxylic acids is 1. The summed E-state index contributed by atoms with van der Waals surface area (Å²) in [7, 11) is 0. The lowest BCUT2D eigenvalue weighted by Crippen LogP contribution is -2.41. The quantitative estimate of drug-likeness (QED) is 0.824. The summed E-state index contributed by atoms with van der Waals surface area (Å²) < 4.78 is 0. The molecule has 3 nitrogen and oxygen atoms in total. The third-order valence-corrected chi connectivity index (χ3v) is 3.83. The maximum absolute atomic E-state index is 11.2. The Morgan fingerprint density at radius 2 is 2.33 bits per heavy atom. The van der Waals surface area contributed by atoms with Gasteiger partial charge in [-0.3, -0.25) is 4.79 Å². The molecule has 0 fully saturated rings. The highest BCUT2D eigenvalue weighted by Gasteiger charge is 2.27. The molecule has 0 radical (unpaired) electrons. The zero-order valence-electron chi connectivity index (χ0n) is 8.64. The highest BCUT2D eigenvalue weighted by Crippen LogP contribution is 2.37. The minimum absolute atomic E-state index is 0.125. The van der Waals surface area contributed by atoms with Crippen LogP contribution < -0.4 is 10.6 Å². The first-order chi connectivity index (χ1) is 7.22. The smallest absolute Gasteiger partial charge is 0.232 e. The Bertz CT molecular complexity index is 381. The summed E-state index contributed by atoms with van der Waals surface area (Å²) in [6.45, 7) is 3.71. The van der Waals surface area contributed by atoms with E-state index in [0.29, 0.717) is 6.54 Å². The van der Waals surface area contributed by atoms with Crippen LogP contribution >= 0.6 is 11.8 Å². The largest absolute Gasteiger partial charge is 0.369 e. The summed E-state index contributed by atoms with van der Waals surface area (Å²) in [6, 6.07) is 8.14. The summed E-state index contributed by atoms with van der Waals surface area (Å²) in [6.07, 6.45) is 0. The van der Waals surface area contributed by atoms with E-state index in [1.165, 1.54) is 5.69 Å². The molecule has 0 aliphatic carbocycles. The second kappa shape index (κ2) is 4.14. The number of benzene rings is 1. The zero-order valence-corrected chi connectivity index (χ0v) is 9.46. The van der Waals surface area contributed by atoms with Gasteiger partial charge in [-0.1, -0.05) is 12.1 Å². The van der Waals surface area contributed by atoms with E-state index in [0.717, 1.165) is 11.4 Å². The van der Waals surface area contributed by atoms with Crippen LogP contribution in [0.15, 0.2) is 29.2 Å². The lowest BCUT2D eigenvalue weighted by Gasteiger charge is -2.33. The lowest BCUT2D eigenvalue weighted by molar-refractivity contribution is -0.117. The molecular formula is C11H14N2OS. The van der Waals surface area contributed by atoms with Gasteiger partial charge in [-0.25, -0.2) is 0 Å². The first-order valence-electron chi connectivity index (χ1n) is 5.02. The number of anilines is 1. The molecule has 1 atom stereocenters. The highest BCUT2D eigenvalue weighted by molar-refractivity contribution is 8.00. The van der Waals surface area contributed by atoms with E-state index >= 15 is 0 Å². The van der Waals surface area contributed by atoms with E-state index in [1.807, 2.05) is 18.2 Å². The summed E-state index contributed by atoms with van der Waals surface area (Å²) in [5, 5.41) is -0.125. The second-order valence-corrected chi connectivity index (χ2v) is 4.76. The maximum Gasteiger partial charge on any atom is 0.232 e. The van der Waals surface area contributed by atoms with Crippen molar-refractivity contribution in [2.24, 2.45) is 5.73 Å². The van der Waals surface area contributed by atoms with Crippen LogP contribution in [0.5, 0.6) is 0 Å². The molecule has 1 aromatic carbocycles. The molecule has 1 aromatic rings. The SMILES string of the molecule is CCN1CC(C(N)=O)Sc2ccccc21. The van der Waals surface area contributed by atoms with Crippen molar-refractivity contribution in [2.75, 3.05) is 18.0 Å². The number of nitrogens with zero attached hydrogens (tertiary/aromatic N) is 1. The molecule has 1 heterocycles. The molecule has 0 saturated carbocycles. The Hall–Kier alpha value is -1.16. The molecule has 2 rings (SSSR count). The molecule has 0 bridgehead atoms. The number of nitrogens with two attached hydrogens (primary N) is 1. The summed E-state index contributed by atoms with van der Waals surface area (Å²) in [4.78, 5) is 14.5. The first kappa shape index (κ1) is 10.4. The molecule has 1 aliphatic heterocycles. The van der Waals surface area contributed by atoms with E-state index in [4.69, 9.17) is 5.73 Å². The van der Waals surface area contributed by atoms with Crippen LogP contribution in [-0.2, 0) is 4.79 Å². The molecule has 0 saturated heterocycles. The van der Waals surface area contributed by atoms with Crippen molar-refractivity contribution >= 4 is 23.4 Å². The number of para-hydroxylation sites is 1. The van der Waals surface area contributed by atoms with Gasteiger partial charge in [-0.05, 0) is 19.1 Å². The van der Waals surface area contributed by atoms with Gasteiger partial charge in [-0.15, -0.1) is 11.8 Å². The van der Waals surface area contributed by atoms with Crippen molar-refractivity contribution in [1.29, 1.82) is 0 Å². The van der Waals surface area contributed by atoms with Crippen LogP contribution in [0.25, 0.3) is 0 Å². The number of amides is 1. The Kier molecular flexibility index (Phi) is 2.86. The molecule has 80 valence electrons. The Balaban J connectivity index is 2.34. The third-order valence-electron chi connectivity index (χ3n) is 2.56. The van der Waals surface area contributed by atoms with E-state index in [2.05, 4.69) is 17.9 Å². The molecular weight excluding hydrogens is 208 g/mol. The number of primary amides is 1. The van der Waals surface area contributed by atoms with Gasteiger partial charge in [0.25, 0.3) is 0 Å². The average molecular weight is 222 g/mol. The number of thioether (sulfide) groups is 1. The molecule has 0 spiro atoms. The number of hydrogen-bond acceptors (Lipinski definition) is 3. The van der Waals surface area contributed by atoms with Gasteiger partial charge in [-0.2, -0.15) is 0 Å². The second-order valence-electron chi connectivity index (χ2n) is 3.52. The van der Waals surface area contributed by atoms with Crippen molar-refractivity contribution in [3.05, 3.63) is 24.3 Å². The van der Waals surface area contributed by atoms with Crippen molar-refractivity contribution in [1.82, 2.24) is 0 Å². The molecule has 1 aliphatic rings. The Morgan fingerprint density at radius 3 is 3.00 bits per heavy atom. The van der Waals surface area contributed by atoms with Crippen LogP contribution in [-0.4, -0.2) is 24.2 Å². The third kappa shape index (κ3) is 1.95. The van der Waals surface area contributed by atoms with Gasteiger partial charge in [0.15, 0.2) is 0 Å². The molecule has 1 unspecified atom stereocenters. The van der Waals surface area contributed by atoms with Gasteiger partial charge in [0.05, 0.1) is 5.69 Å². The van der Waals surface area contributed by atoms with Crippen molar-refractivity contribution in [3.63, 3.8) is 0 Å². The zero-order chi connectivity index (χ0) is 10.8. The van der Waals surface area contributed by atoms with E-state index in [9.17, 15) is 4.79 Å². The van der Waals surface area contributed by atoms with Gasteiger partial charge in [0, 0.05) is 18.0 Å². The van der Waals surface area contributed by atoms with Gasteiger partial charge in [0.2, 0.25) is 5.91 Å². The van der Waals surface area contributed by atoms with E-state index in [1.54, 1.807) is 11.8 Å². The van der Waals surface area contributed by atoms with Crippen LogP contribution in [0, 0.1) is 0 Å². The van der Waals surface area contributed by atoms with Crippen molar-refractivity contribution < 1.29 is 4.79 Å². The fraction of sp³-hybridized carbons (Fsp3) is 0.364. The van der Waals surface area contributed by atoms with E-state index in [-0.39, 0.29) is 11.2 Å². The fourth-order valence-electron chi connectivity index (χ4n) is 1.75. The fourth-order valence-corrected chi connectivity index (χ4v) is 2.91. The predicted octanol–water partition coefficient (Wildman–Crippen LogP) is 1.47. The van der Waals surface area contributed by atoms with E-state index < -0.39 is 0 Å². The highest BCUT2D eigenvalue weighted by atomic mass is 32.2. The average Bonchev–Trinajstić information content (AvgIpc) is 2.27. The summed E-state index contributed by atoms with van der Waals surface area (Å²) in [5.74, 6) is -0.229.